The van der Waals surface area contributed by atoms with Crippen molar-refractivity contribution < 1.29 is 4.74 Å². The summed E-state index contributed by atoms with van der Waals surface area (Å²) in [5, 5.41) is 6.84. The Labute approximate surface area is 179 Å². The third kappa shape index (κ3) is 5.65. The average molecular weight is 408 g/mol. The number of hydrogen-bond acceptors (Lipinski definition) is 4. The molecule has 1 aliphatic heterocycles. The van der Waals surface area contributed by atoms with Gasteiger partial charge in [0.2, 0.25) is 0 Å². The summed E-state index contributed by atoms with van der Waals surface area (Å²) in [5.74, 6) is 3.58. The monoisotopic (exact) mass is 407 g/mol. The van der Waals surface area contributed by atoms with Crippen molar-refractivity contribution in [1.82, 2.24) is 15.6 Å². The molecule has 0 amide bonds. The van der Waals surface area contributed by atoms with Gasteiger partial charge in [-0.25, -0.2) is 4.98 Å². The Kier molecular flexibility index (Phi) is 6.72. The van der Waals surface area contributed by atoms with Crippen LogP contribution in [0.5, 0.6) is 5.75 Å². The number of rotatable bonds is 8. The molecule has 0 spiro atoms. The van der Waals surface area contributed by atoms with Crippen molar-refractivity contribution in [2.24, 2.45) is 10.9 Å². The van der Waals surface area contributed by atoms with Gasteiger partial charge in [0.05, 0.1) is 6.61 Å². The van der Waals surface area contributed by atoms with Gasteiger partial charge >= 0.3 is 0 Å². The number of pyridine rings is 1. The fraction of sp³-hybridized carbons (Fsp3) is 0.500. The number of guanidine groups is 1. The van der Waals surface area contributed by atoms with Crippen molar-refractivity contribution in [1.29, 1.82) is 0 Å². The Morgan fingerprint density at radius 2 is 1.93 bits per heavy atom. The minimum Gasteiger partial charge on any atom is -0.493 e. The van der Waals surface area contributed by atoms with Gasteiger partial charge in [-0.1, -0.05) is 12.1 Å². The van der Waals surface area contributed by atoms with Crippen molar-refractivity contribution in [3.8, 4) is 5.75 Å². The van der Waals surface area contributed by atoms with Crippen molar-refractivity contribution in [3.05, 3.63) is 53.2 Å². The molecule has 2 fully saturated rings. The molecule has 160 valence electrons. The van der Waals surface area contributed by atoms with Crippen molar-refractivity contribution in [2.45, 2.75) is 45.7 Å². The first-order valence-electron chi connectivity index (χ1n) is 11.1. The predicted molar refractivity (Wildman–Crippen MR) is 122 cm³/mol. The molecule has 2 N–H and O–H groups in total. The average Bonchev–Trinajstić information content (AvgIpc) is 3.44. The molecular weight excluding hydrogens is 374 g/mol. The molecule has 0 bridgehead atoms. The molecule has 0 unspecified atom stereocenters. The Hall–Kier alpha value is -2.76. The van der Waals surface area contributed by atoms with Gasteiger partial charge < -0.3 is 20.3 Å². The molecule has 0 radical (unpaired) electrons. The van der Waals surface area contributed by atoms with Crippen LogP contribution in [0.15, 0.2) is 41.5 Å². The van der Waals surface area contributed by atoms with Crippen LogP contribution in [0.4, 0.5) is 5.82 Å². The van der Waals surface area contributed by atoms with Gasteiger partial charge in [-0.2, -0.15) is 0 Å². The second kappa shape index (κ2) is 9.83. The zero-order valence-corrected chi connectivity index (χ0v) is 18.2. The predicted octanol–water partition coefficient (Wildman–Crippen LogP) is 3.64. The third-order valence-electron chi connectivity index (χ3n) is 5.76. The lowest BCUT2D eigenvalue weighted by Gasteiger charge is -2.18. The Balaban J connectivity index is 1.31. The molecule has 0 atom stereocenters. The molecule has 4 rings (SSSR count). The molecular formula is C24H33N5O. The van der Waals surface area contributed by atoms with Gasteiger partial charge in [-0.15, -0.1) is 0 Å². The van der Waals surface area contributed by atoms with Crippen LogP contribution >= 0.6 is 0 Å². The smallest absolute Gasteiger partial charge is 0.191 e. The molecule has 1 aromatic heterocycles. The van der Waals surface area contributed by atoms with E-state index in [0.717, 1.165) is 48.7 Å². The normalized spacial score (nSPS) is 16.6. The highest BCUT2D eigenvalue weighted by atomic mass is 16.5. The fourth-order valence-electron chi connectivity index (χ4n) is 3.71. The zero-order chi connectivity index (χ0) is 20.8. The third-order valence-corrected chi connectivity index (χ3v) is 5.76. The van der Waals surface area contributed by atoms with Gasteiger partial charge in [0.1, 0.15) is 11.6 Å². The lowest BCUT2D eigenvalue weighted by Crippen LogP contribution is -2.36. The fourth-order valence-corrected chi connectivity index (χ4v) is 3.71. The molecule has 2 aromatic rings. The number of aliphatic imine (C=N–C) groups is 1. The summed E-state index contributed by atoms with van der Waals surface area (Å²) >= 11 is 0. The van der Waals surface area contributed by atoms with Crippen LogP contribution in [-0.2, 0) is 13.1 Å². The molecule has 30 heavy (non-hydrogen) atoms. The summed E-state index contributed by atoms with van der Waals surface area (Å²) in [4.78, 5) is 11.3. The van der Waals surface area contributed by atoms with Crippen LogP contribution in [0.2, 0.25) is 0 Å². The maximum absolute atomic E-state index is 6.09. The molecule has 2 heterocycles. The Bertz CT molecular complexity index is 872. The van der Waals surface area contributed by atoms with Crippen molar-refractivity contribution in [2.75, 3.05) is 31.6 Å². The Morgan fingerprint density at radius 3 is 2.70 bits per heavy atom. The number of hydrogen-bond donors (Lipinski definition) is 2. The minimum absolute atomic E-state index is 0.676. The van der Waals surface area contributed by atoms with Crippen LogP contribution in [0, 0.1) is 12.8 Å². The zero-order valence-electron chi connectivity index (χ0n) is 18.2. The maximum Gasteiger partial charge on any atom is 0.191 e. The summed E-state index contributed by atoms with van der Waals surface area (Å²) in [6.07, 6.45) is 7.00. The molecule has 6 nitrogen and oxygen atoms in total. The van der Waals surface area contributed by atoms with Gasteiger partial charge in [0.15, 0.2) is 5.96 Å². The van der Waals surface area contributed by atoms with E-state index in [0.29, 0.717) is 13.1 Å². The molecule has 1 aromatic carbocycles. The lowest BCUT2D eigenvalue weighted by molar-refractivity contribution is 0.296. The largest absolute Gasteiger partial charge is 0.493 e. The summed E-state index contributed by atoms with van der Waals surface area (Å²) in [7, 11) is 1.80. The summed E-state index contributed by atoms with van der Waals surface area (Å²) < 4.78 is 6.09. The highest BCUT2D eigenvalue weighted by molar-refractivity contribution is 5.79. The molecule has 1 saturated heterocycles. The van der Waals surface area contributed by atoms with E-state index in [1.165, 1.54) is 36.8 Å². The topological polar surface area (TPSA) is 61.8 Å². The van der Waals surface area contributed by atoms with E-state index in [4.69, 9.17) is 4.74 Å². The lowest BCUT2D eigenvalue weighted by atomic mass is 10.1. The molecule has 2 aliphatic rings. The van der Waals surface area contributed by atoms with Crippen molar-refractivity contribution in [3.63, 3.8) is 0 Å². The van der Waals surface area contributed by atoms with Crippen LogP contribution in [0.3, 0.4) is 0 Å². The van der Waals surface area contributed by atoms with E-state index in [2.05, 4.69) is 62.8 Å². The number of anilines is 1. The van der Waals surface area contributed by atoms with Crippen LogP contribution in [0.25, 0.3) is 0 Å². The molecule has 6 heteroatoms. The van der Waals surface area contributed by atoms with Gasteiger partial charge in [0, 0.05) is 45.0 Å². The van der Waals surface area contributed by atoms with E-state index >= 15 is 0 Å². The summed E-state index contributed by atoms with van der Waals surface area (Å²) in [6, 6.07) is 10.6. The van der Waals surface area contributed by atoms with Crippen LogP contribution in [-0.4, -0.2) is 37.7 Å². The van der Waals surface area contributed by atoms with Gasteiger partial charge in [-0.3, -0.25) is 4.99 Å². The number of ether oxygens (including phenoxy) is 1. The molecule has 1 aliphatic carbocycles. The maximum atomic E-state index is 6.09. The van der Waals surface area contributed by atoms with E-state index in [-0.39, 0.29) is 0 Å². The summed E-state index contributed by atoms with van der Waals surface area (Å²) in [5.41, 5.74) is 3.58. The van der Waals surface area contributed by atoms with E-state index in [1.54, 1.807) is 7.05 Å². The highest BCUT2D eigenvalue weighted by Crippen LogP contribution is 2.30. The number of aryl methyl sites for hydroxylation is 1. The SMILES string of the molecule is CN=C(NCc1ccnc(N2CCCC2)c1)NCc1ccc(C)cc1OCC1CC1. The molecule has 1 saturated carbocycles. The first-order chi connectivity index (χ1) is 14.7. The first kappa shape index (κ1) is 20.5. The van der Waals surface area contributed by atoms with E-state index in [9.17, 15) is 0 Å². The van der Waals surface area contributed by atoms with Gasteiger partial charge in [0.25, 0.3) is 0 Å². The number of benzene rings is 1. The van der Waals surface area contributed by atoms with Gasteiger partial charge in [-0.05, 0) is 67.9 Å². The van der Waals surface area contributed by atoms with E-state index in [1.807, 2.05) is 6.20 Å². The summed E-state index contributed by atoms with van der Waals surface area (Å²) in [6.45, 7) is 6.53. The first-order valence-corrected chi connectivity index (χ1v) is 11.1. The second-order valence-electron chi connectivity index (χ2n) is 8.36. The Morgan fingerprint density at radius 1 is 1.13 bits per heavy atom. The van der Waals surface area contributed by atoms with Crippen molar-refractivity contribution >= 4 is 11.8 Å². The number of aromatic nitrogens is 1. The quantitative estimate of drug-likeness (QED) is 0.517. The van der Waals surface area contributed by atoms with Crippen LogP contribution < -0.4 is 20.3 Å². The van der Waals surface area contributed by atoms with E-state index < -0.39 is 0 Å². The minimum atomic E-state index is 0.676. The number of nitrogens with zero attached hydrogens (tertiary/aromatic N) is 3. The van der Waals surface area contributed by atoms with Crippen LogP contribution in [0.1, 0.15) is 42.4 Å². The second-order valence-corrected chi connectivity index (χ2v) is 8.36. The standard InChI is InChI=1S/C24H33N5O/c1-18-5-8-21(22(13-18)30-17-19-6-7-19)16-28-24(25-2)27-15-20-9-10-26-23(14-20)29-11-3-4-12-29/h5,8-10,13-14,19H,3-4,6-7,11-12,15-17H2,1-2H3,(H2,25,27,28). The number of nitrogens with one attached hydrogen (secondary N) is 2. The highest BCUT2D eigenvalue weighted by Gasteiger charge is 2.22.